The minimum atomic E-state index is -0.309. The van der Waals surface area contributed by atoms with E-state index in [0.717, 1.165) is 16.1 Å². The van der Waals surface area contributed by atoms with E-state index >= 15 is 0 Å². The van der Waals surface area contributed by atoms with Crippen molar-refractivity contribution in [3.63, 3.8) is 0 Å². The third kappa shape index (κ3) is 2.43. The van der Waals surface area contributed by atoms with Crippen molar-refractivity contribution in [2.24, 2.45) is 5.92 Å². The zero-order valence-electron chi connectivity index (χ0n) is 7.33. The van der Waals surface area contributed by atoms with Gasteiger partial charge in [0, 0.05) is 24.4 Å². The number of esters is 1. The molecular formula is C8H9IN2O2S. The molecule has 1 aliphatic rings. The number of carbonyl (C=O) groups is 1. The van der Waals surface area contributed by atoms with Crippen LogP contribution in [-0.2, 0) is 4.74 Å². The van der Waals surface area contributed by atoms with Crippen LogP contribution in [0.25, 0.3) is 0 Å². The first kappa shape index (κ1) is 10.3. The molecule has 0 radical (unpaired) electrons. The molecule has 0 unspecified atom stereocenters. The number of rotatable bonds is 3. The number of hydrogen-bond donors (Lipinski definition) is 1. The maximum atomic E-state index is 11.4. The lowest BCUT2D eigenvalue weighted by Gasteiger charge is -2.26. The van der Waals surface area contributed by atoms with E-state index in [1.165, 1.54) is 11.3 Å². The molecule has 0 amide bonds. The highest BCUT2D eigenvalue weighted by atomic mass is 127. The minimum absolute atomic E-state index is 0.309. The van der Waals surface area contributed by atoms with Gasteiger partial charge in [0.05, 0.1) is 6.61 Å². The van der Waals surface area contributed by atoms with Crippen molar-refractivity contribution in [1.29, 1.82) is 0 Å². The van der Waals surface area contributed by atoms with Gasteiger partial charge in [-0.1, -0.05) is 0 Å². The summed E-state index contributed by atoms with van der Waals surface area (Å²) in [4.78, 5) is 15.4. The molecule has 1 saturated heterocycles. The summed E-state index contributed by atoms with van der Waals surface area (Å²) in [6, 6.07) is 0. The van der Waals surface area contributed by atoms with Crippen LogP contribution in [0.5, 0.6) is 0 Å². The molecule has 1 aromatic rings. The molecule has 2 rings (SSSR count). The molecule has 1 fully saturated rings. The number of nitrogens with zero attached hydrogens (tertiary/aromatic N) is 1. The fourth-order valence-corrected chi connectivity index (χ4v) is 2.23. The Morgan fingerprint density at radius 1 is 1.79 bits per heavy atom. The van der Waals surface area contributed by atoms with Gasteiger partial charge >= 0.3 is 5.97 Å². The summed E-state index contributed by atoms with van der Waals surface area (Å²) < 4.78 is 5.97. The average Bonchev–Trinajstić information content (AvgIpc) is 2.49. The van der Waals surface area contributed by atoms with Gasteiger partial charge in [-0.3, -0.25) is 0 Å². The van der Waals surface area contributed by atoms with Gasteiger partial charge in [0.1, 0.15) is 0 Å². The lowest BCUT2D eigenvalue weighted by Crippen LogP contribution is -2.44. The molecule has 0 bridgehead atoms. The van der Waals surface area contributed by atoms with Crippen LogP contribution < -0.4 is 5.32 Å². The van der Waals surface area contributed by atoms with Crippen molar-refractivity contribution >= 4 is 39.9 Å². The largest absolute Gasteiger partial charge is 0.461 e. The fraction of sp³-hybridized carbons (Fsp3) is 0.500. The lowest BCUT2D eigenvalue weighted by molar-refractivity contribution is 0.0392. The molecular weight excluding hydrogens is 315 g/mol. The van der Waals surface area contributed by atoms with Gasteiger partial charge in [-0.2, -0.15) is 0 Å². The second-order valence-corrected chi connectivity index (χ2v) is 5.72. The van der Waals surface area contributed by atoms with Crippen molar-refractivity contribution in [3.8, 4) is 0 Å². The molecule has 2 heterocycles. The van der Waals surface area contributed by atoms with Crippen LogP contribution in [0.15, 0.2) is 5.38 Å². The normalized spacial score (nSPS) is 16.4. The molecule has 0 spiro atoms. The maximum Gasteiger partial charge on any atom is 0.357 e. The number of ether oxygens (including phenoxy) is 1. The number of carbonyl (C=O) groups excluding carboxylic acids is 1. The highest BCUT2D eigenvalue weighted by molar-refractivity contribution is 14.1. The first-order valence-corrected chi connectivity index (χ1v) is 6.20. The van der Waals surface area contributed by atoms with Crippen LogP contribution in [0.1, 0.15) is 10.5 Å². The molecule has 0 aromatic carbocycles. The van der Waals surface area contributed by atoms with Gasteiger partial charge in [0.2, 0.25) is 0 Å². The molecule has 1 aliphatic heterocycles. The lowest BCUT2D eigenvalue weighted by atomic mass is 10.1. The fourth-order valence-electron chi connectivity index (χ4n) is 1.08. The quantitative estimate of drug-likeness (QED) is 0.669. The Kier molecular flexibility index (Phi) is 3.34. The first-order chi connectivity index (χ1) is 6.75. The highest BCUT2D eigenvalue weighted by Gasteiger charge is 2.19. The van der Waals surface area contributed by atoms with E-state index in [1.54, 1.807) is 5.38 Å². The van der Waals surface area contributed by atoms with Crippen LogP contribution >= 0.6 is 33.9 Å². The summed E-state index contributed by atoms with van der Waals surface area (Å²) in [6.07, 6.45) is 0. The van der Waals surface area contributed by atoms with Crippen molar-refractivity contribution in [3.05, 3.63) is 14.1 Å². The third-order valence-electron chi connectivity index (χ3n) is 2.00. The van der Waals surface area contributed by atoms with Crippen molar-refractivity contribution in [1.82, 2.24) is 10.3 Å². The Hall–Kier alpha value is -0.210. The number of hydrogen-bond acceptors (Lipinski definition) is 5. The Balaban J connectivity index is 1.82. The van der Waals surface area contributed by atoms with Gasteiger partial charge in [0.25, 0.3) is 0 Å². The molecule has 1 aromatic heterocycles. The van der Waals surface area contributed by atoms with E-state index in [-0.39, 0.29) is 5.97 Å². The second-order valence-electron chi connectivity index (χ2n) is 3.11. The van der Waals surface area contributed by atoms with Crippen LogP contribution in [0.4, 0.5) is 0 Å². The SMILES string of the molecule is O=C(OCC1CNC1)c1csc(I)n1. The smallest absolute Gasteiger partial charge is 0.357 e. The molecule has 14 heavy (non-hydrogen) atoms. The Bertz CT molecular complexity index is 338. The van der Waals surface area contributed by atoms with Crippen molar-refractivity contribution < 1.29 is 9.53 Å². The summed E-state index contributed by atoms with van der Waals surface area (Å²) in [5.41, 5.74) is 0.423. The Morgan fingerprint density at radius 3 is 3.07 bits per heavy atom. The Labute approximate surface area is 99.2 Å². The van der Waals surface area contributed by atoms with Gasteiger partial charge in [0.15, 0.2) is 8.71 Å². The van der Waals surface area contributed by atoms with Crippen molar-refractivity contribution in [2.75, 3.05) is 19.7 Å². The Morgan fingerprint density at radius 2 is 2.57 bits per heavy atom. The van der Waals surface area contributed by atoms with Crippen LogP contribution in [0.2, 0.25) is 0 Å². The second kappa shape index (κ2) is 4.54. The van der Waals surface area contributed by atoms with E-state index in [0.29, 0.717) is 18.2 Å². The predicted molar refractivity (Wildman–Crippen MR) is 61.5 cm³/mol. The van der Waals surface area contributed by atoms with E-state index < -0.39 is 0 Å². The summed E-state index contributed by atoms with van der Waals surface area (Å²) in [5, 5.41) is 4.85. The third-order valence-corrected chi connectivity index (χ3v) is 3.63. The predicted octanol–water partition coefficient (Wildman–Crippen LogP) is 1.12. The summed E-state index contributed by atoms with van der Waals surface area (Å²) >= 11 is 3.53. The number of aromatic nitrogens is 1. The monoisotopic (exact) mass is 324 g/mol. The van der Waals surface area contributed by atoms with Gasteiger partial charge in [-0.15, -0.1) is 11.3 Å². The number of nitrogens with one attached hydrogen (secondary N) is 1. The van der Waals surface area contributed by atoms with E-state index in [1.807, 2.05) is 0 Å². The zero-order chi connectivity index (χ0) is 9.97. The molecule has 0 aliphatic carbocycles. The summed E-state index contributed by atoms with van der Waals surface area (Å²) in [7, 11) is 0. The minimum Gasteiger partial charge on any atom is -0.461 e. The first-order valence-electron chi connectivity index (χ1n) is 4.24. The molecule has 76 valence electrons. The molecule has 0 saturated carbocycles. The van der Waals surface area contributed by atoms with Gasteiger partial charge < -0.3 is 10.1 Å². The molecule has 4 nitrogen and oxygen atoms in total. The molecule has 6 heteroatoms. The van der Waals surface area contributed by atoms with Crippen LogP contribution in [0, 0.1) is 8.93 Å². The van der Waals surface area contributed by atoms with Gasteiger partial charge in [-0.25, -0.2) is 9.78 Å². The zero-order valence-corrected chi connectivity index (χ0v) is 10.3. The summed E-state index contributed by atoms with van der Waals surface area (Å²) in [5.74, 6) is 0.174. The average molecular weight is 324 g/mol. The van der Waals surface area contributed by atoms with Crippen LogP contribution in [0.3, 0.4) is 0 Å². The van der Waals surface area contributed by atoms with E-state index in [2.05, 4.69) is 32.9 Å². The van der Waals surface area contributed by atoms with E-state index in [4.69, 9.17) is 4.74 Å². The number of halogens is 1. The highest BCUT2D eigenvalue weighted by Crippen LogP contribution is 2.13. The van der Waals surface area contributed by atoms with Gasteiger partial charge in [-0.05, 0) is 22.6 Å². The molecule has 1 N–H and O–H groups in total. The topological polar surface area (TPSA) is 51.2 Å². The molecule has 0 atom stereocenters. The van der Waals surface area contributed by atoms with E-state index in [9.17, 15) is 4.79 Å². The summed E-state index contributed by atoms with van der Waals surface area (Å²) in [6.45, 7) is 2.39. The van der Waals surface area contributed by atoms with Crippen LogP contribution in [-0.4, -0.2) is 30.6 Å². The number of thiazole rings is 1. The standard InChI is InChI=1S/C8H9IN2O2S/c9-8-11-6(4-14-8)7(12)13-3-5-1-10-2-5/h4-5,10H,1-3H2. The maximum absolute atomic E-state index is 11.4. The van der Waals surface area contributed by atoms with Crippen molar-refractivity contribution in [2.45, 2.75) is 0 Å².